The fourth-order valence-corrected chi connectivity index (χ4v) is 25.6. The molecule has 0 N–H and O–H groups in total. The number of ether oxygens (including phenoxy) is 4. The molecule has 252 valence electrons. The summed E-state index contributed by atoms with van der Waals surface area (Å²) in [5, 5.41) is 2.03. The van der Waals surface area contributed by atoms with Gasteiger partial charge in [-0.25, -0.2) is 0 Å². The van der Waals surface area contributed by atoms with Crippen LogP contribution >= 0.6 is 0 Å². The monoisotopic (exact) mass is 818 g/mol. The van der Waals surface area contributed by atoms with Gasteiger partial charge in [-0.1, -0.05) is 0 Å². The van der Waals surface area contributed by atoms with Crippen molar-refractivity contribution in [1.82, 2.24) is 0 Å². The molecule has 0 saturated carbocycles. The Morgan fingerprint density at radius 1 is 0.315 bits per heavy atom. The molecule has 6 aliphatic heterocycles. The van der Waals surface area contributed by atoms with Crippen molar-refractivity contribution in [2.75, 3.05) is 9.80 Å². The van der Waals surface area contributed by atoms with Crippen molar-refractivity contribution in [2.24, 2.45) is 0 Å². The third kappa shape index (κ3) is 3.36. The number of para-hydroxylation sites is 2. The predicted octanol–water partition coefficient (Wildman–Crippen LogP) is 7.33. The minimum absolute atomic E-state index is 0.891. The van der Waals surface area contributed by atoms with Gasteiger partial charge < -0.3 is 0 Å². The molecule has 8 heteroatoms. The van der Waals surface area contributed by atoms with E-state index in [4.69, 9.17) is 18.9 Å². The summed E-state index contributed by atoms with van der Waals surface area (Å²) in [6, 6.07) is 51.9. The molecule has 14 rings (SSSR count). The molecule has 2 atom stereocenters. The van der Waals surface area contributed by atoms with Gasteiger partial charge in [0.1, 0.15) is 0 Å². The summed E-state index contributed by atoms with van der Waals surface area (Å²) >= 11 is -5.51. The van der Waals surface area contributed by atoms with Crippen molar-refractivity contribution in [3.8, 4) is 46.0 Å². The molecule has 0 saturated heterocycles. The fraction of sp³-hybridized carbons (Fsp3) is 0. The van der Waals surface area contributed by atoms with E-state index in [0.717, 1.165) is 68.1 Å². The average Bonchev–Trinajstić information content (AvgIpc) is 3.22. The molecular formula is C46H26Ge2N2O4. The van der Waals surface area contributed by atoms with Crippen LogP contribution in [0.5, 0.6) is 46.0 Å². The van der Waals surface area contributed by atoms with Gasteiger partial charge in [0.25, 0.3) is 0 Å². The first kappa shape index (κ1) is 28.4. The standard InChI is InChI=1S/C46H26Ge2N2O4/c1-3-11-25(12-4-1)49-29-15-7-19-33-39(29)47-41-31(49)17-9-21-35(41)53-45-27-24-38-44-46(28(27)23-37(51-33)43(45)47)54-36-22-10-18-32-42(36)48(44)40-30(16-8-20-34(40)52-38)50(32)26-13-5-2-6-14-26/h1-24,47-48H. The van der Waals surface area contributed by atoms with Gasteiger partial charge in [-0.15, -0.1) is 0 Å². The van der Waals surface area contributed by atoms with Crippen molar-refractivity contribution < 1.29 is 18.9 Å². The number of anilines is 6. The first-order chi connectivity index (χ1) is 26.8. The Hall–Kier alpha value is -6.09. The number of benzene rings is 8. The molecule has 2 unspecified atom stereocenters. The van der Waals surface area contributed by atoms with Crippen LogP contribution in [0.25, 0.3) is 10.8 Å². The molecule has 54 heavy (non-hydrogen) atoms. The van der Waals surface area contributed by atoms with E-state index >= 15 is 0 Å². The Labute approximate surface area is 318 Å². The Bertz CT molecular complexity index is 2800. The molecule has 6 nitrogen and oxygen atoms in total. The summed E-state index contributed by atoms with van der Waals surface area (Å²) in [6.45, 7) is 0. The van der Waals surface area contributed by atoms with Gasteiger partial charge >= 0.3 is 320 Å². The molecular weight excluding hydrogens is 790 g/mol. The second-order valence-electron chi connectivity index (χ2n) is 14.7. The predicted molar refractivity (Wildman–Crippen MR) is 219 cm³/mol. The molecule has 6 aliphatic rings. The molecule has 0 aromatic heterocycles. The zero-order valence-electron chi connectivity index (χ0n) is 28.5. The van der Waals surface area contributed by atoms with Crippen LogP contribution in [0, 0.1) is 0 Å². The molecule has 0 bridgehead atoms. The average molecular weight is 816 g/mol. The summed E-state index contributed by atoms with van der Waals surface area (Å²) < 4.78 is 36.2. The number of nitrogens with zero attached hydrogens (tertiary/aromatic N) is 2. The molecule has 0 fully saturated rings. The first-order valence-electron chi connectivity index (χ1n) is 18.4. The van der Waals surface area contributed by atoms with Gasteiger partial charge in [-0.2, -0.15) is 0 Å². The number of hydrogen-bond acceptors (Lipinski definition) is 6. The van der Waals surface area contributed by atoms with Gasteiger partial charge in [0, 0.05) is 0 Å². The quantitative estimate of drug-likeness (QED) is 0.171. The van der Waals surface area contributed by atoms with Crippen LogP contribution in [-0.4, -0.2) is 28.7 Å². The van der Waals surface area contributed by atoms with Gasteiger partial charge in [-0.05, 0) is 0 Å². The third-order valence-corrected chi connectivity index (χ3v) is 26.5. The van der Waals surface area contributed by atoms with Crippen LogP contribution in [0.3, 0.4) is 0 Å². The van der Waals surface area contributed by atoms with E-state index in [1.165, 1.54) is 49.1 Å². The van der Waals surface area contributed by atoms with E-state index in [0.29, 0.717) is 0 Å². The zero-order chi connectivity index (χ0) is 34.8. The fourth-order valence-electron chi connectivity index (χ4n) is 10.1. The summed E-state index contributed by atoms with van der Waals surface area (Å²) in [5.74, 6) is 7.35. The molecule has 0 amide bonds. The molecule has 8 aromatic rings. The molecule has 0 radical (unpaired) electrons. The Kier molecular flexibility index (Phi) is 5.21. The maximum absolute atomic E-state index is 7.15. The van der Waals surface area contributed by atoms with E-state index in [1.54, 1.807) is 0 Å². The van der Waals surface area contributed by atoms with Gasteiger partial charge in [0.15, 0.2) is 0 Å². The SMILES string of the molecule is c1ccc(N2c3cccc4[c]3[GeH]3[c]5c(cccc52)Oc2[c]3c(cc3c5[c]6c(cc23)Oc2cccc3[c]2[GeH]6[c]2c(cccc2N3c2ccccc2)O5)O4)cc1. The van der Waals surface area contributed by atoms with Gasteiger partial charge in [0.2, 0.25) is 0 Å². The second-order valence-corrected chi connectivity index (χ2v) is 25.6. The topological polar surface area (TPSA) is 43.4 Å². The van der Waals surface area contributed by atoms with Crippen LogP contribution < -0.4 is 55.1 Å². The Morgan fingerprint density at radius 2 is 0.667 bits per heavy atom. The second kappa shape index (κ2) is 9.90. The normalized spacial score (nSPS) is 17.4. The number of hydrogen-bond donors (Lipinski definition) is 0. The van der Waals surface area contributed by atoms with E-state index in [2.05, 4.69) is 155 Å². The summed E-state index contributed by atoms with van der Waals surface area (Å²) in [4.78, 5) is 4.77. The maximum atomic E-state index is 7.15. The van der Waals surface area contributed by atoms with Crippen LogP contribution in [0.2, 0.25) is 0 Å². The summed E-state index contributed by atoms with van der Waals surface area (Å²) in [5.41, 5.74) is 7.07. The van der Waals surface area contributed by atoms with E-state index in [9.17, 15) is 0 Å². The van der Waals surface area contributed by atoms with Crippen molar-refractivity contribution in [1.29, 1.82) is 0 Å². The van der Waals surface area contributed by atoms with Crippen LogP contribution in [0.1, 0.15) is 0 Å². The van der Waals surface area contributed by atoms with E-state index < -0.39 is 28.7 Å². The van der Waals surface area contributed by atoms with Crippen LogP contribution in [0.4, 0.5) is 34.1 Å². The Balaban J connectivity index is 1.04. The molecule has 6 heterocycles. The van der Waals surface area contributed by atoms with Gasteiger partial charge in [0.05, 0.1) is 0 Å². The van der Waals surface area contributed by atoms with E-state index in [1.807, 2.05) is 0 Å². The molecule has 0 aliphatic carbocycles. The summed E-state index contributed by atoms with van der Waals surface area (Å²) in [7, 11) is 0. The molecule has 0 spiro atoms. The zero-order valence-corrected chi connectivity index (χ0v) is 33.4. The molecule has 8 aromatic carbocycles. The van der Waals surface area contributed by atoms with E-state index in [-0.39, 0.29) is 0 Å². The van der Waals surface area contributed by atoms with Crippen molar-refractivity contribution in [3.63, 3.8) is 0 Å². The van der Waals surface area contributed by atoms with Crippen LogP contribution in [-0.2, 0) is 0 Å². The number of rotatable bonds is 2. The third-order valence-electron chi connectivity index (χ3n) is 12.1. The minimum atomic E-state index is -2.76. The van der Waals surface area contributed by atoms with Crippen molar-refractivity contribution in [2.45, 2.75) is 0 Å². The van der Waals surface area contributed by atoms with Crippen LogP contribution in [0.15, 0.2) is 146 Å². The number of fused-ring (bicyclic) bond motifs is 3. The summed E-state index contributed by atoms with van der Waals surface area (Å²) in [6.07, 6.45) is 0. The first-order valence-corrected chi connectivity index (χ1v) is 25.7. The van der Waals surface area contributed by atoms with Gasteiger partial charge in [-0.3, -0.25) is 0 Å². The Morgan fingerprint density at radius 3 is 1.04 bits per heavy atom. The van der Waals surface area contributed by atoms with Crippen molar-refractivity contribution >= 4 is 100.0 Å². The van der Waals surface area contributed by atoms with Crippen molar-refractivity contribution in [3.05, 3.63) is 146 Å².